The molecule has 0 radical (unpaired) electrons. The highest BCUT2D eigenvalue weighted by Crippen LogP contribution is 2.32. The Morgan fingerprint density at radius 2 is 1.92 bits per heavy atom. The SMILES string of the molecule is CC1=NN=C2CN=C(c3ccccc3)c3cc(Cl)ccc3N2C1O. The van der Waals surface area contributed by atoms with Crippen molar-refractivity contribution in [1.29, 1.82) is 0 Å². The van der Waals surface area contributed by atoms with Crippen LogP contribution in [-0.2, 0) is 0 Å². The largest absolute Gasteiger partial charge is 0.368 e. The normalized spacial score (nSPS) is 19.5. The van der Waals surface area contributed by atoms with Crippen molar-refractivity contribution < 1.29 is 5.11 Å². The van der Waals surface area contributed by atoms with Crippen LogP contribution in [-0.4, -0.2) is 35.1 Å². The van der Waals surface area contributed by atoms with Crippen LogP contribution in [0.15, 0.2) is 63.7 Å². The van der Waals surface area contributed by atoms with Gasteiger partial charge in [0.2, 0.25) is 0 Å². The van der Waals surface area contributed by atoms with E-state index < -0.39 is 6.23 Å². The number of aliphatic hydroxyl groups is 1. The van der Waals surface area contributed by atoms with Crippen molar-refractivity contribution in [1.82, 2.24) is 0 Å². The molecule has 0 saturated carbocycles. The number of aliphatic imine (C=N–C) groups is 1. The van der Waals surface area contributed by atoms with Crippen LogP contribution in [0.25, 0.3) is 0 Å². The number of hydrogen-bond donors (Lipinski definition) is 1. The molecule has 1 N–H and O–H groups in total. The summed E-state index contributed by atoms with van der Waals surface area (Å²) in [6, 6.07) is 15.5. The van der Waals surface area contributed by atoms with E-state index in [1.165, 1.54) is 0 Å². The molecule has 2 aromatic rings. The van der Waals surface area contributed by atoms with Crippen LogP contribution >= 0.6 is 11.6 Å². The molecule has 2 aliphatic rings. The van der Waals surface area contributed by atoms with E-state index >= 15 is 0 Å². The number of halogens is 1. The first-order valence-electron chi connectivity index (χ1n) is 7.63. The molecular weight excluding hydrogens is 324 g/mol. The number of hydrogen-bond acceptors (Lipinski definition) is 5. The average Bonchev–Trinajstić information content (AvgIpc) is 2.76. The summed E-state index contributed by atoms with van der Waals surface area (Å²) in [5.41, 5.74) is 4.05. The maximum Gasteiger partial charge on any atom is 0.173 e. The number of amidine groups is 1. The molecule has 0 amide bonds. The molecule has 24 heavy (non-hydrogen) atoms. The van der Waals surface area contributed by atoms with Crippen molar-refractivity contribution in [3.63, 3.8) is 0 Å². The van der Waals surface area contributed by atoms with E-state index in [1.807, 2.05) is 42.5 Å². The van der Waals surface area contributed by atoms with Crippen molar-refractivity contribution in [2.24, 2.45) is 15.2 Å². The molecule has 4 rings (SSSR count). The van der Waals surface area contributed by atoms with Gasteiger partial charge in [0.25, 0.3) is 0 Å². The average molecular weight is 339 g/mol. The van der Waals surface area contributed by atoms with Gasteiger partial charge in [0.15, 0.2) is 12.1 Å². The van der Waals surface area contributed by atoms with Crippen LogP contribution in [0.2, 0.25) is 5.02 Å². The zero-order valence-electron chi connectivity index (χ0n) is 13.0. The zero-order chi connectivity index (χ0) is 16.7. The minimum absolute atomic E-state index is 0.338. The van der Waals surface area contributed by atoms with Crippen molar-refractivity contribution in [3.05, 3.63) is 64.7 Å². The Kier molecular flexibility index (Phi) is 3.67. The molecule has 0 saturated heterocycles. The van der Waals surface area contributed by atoms with E-state index in [0.29, 0.717) is 23.1 Å². The molecular formula is C18H15ClN4O. The van der Waals surface area contributed by atoms with Crippen LogP contribution in [0.3, 0.4) is 0 Å². The first-order chi connectivity index (χ1) is 11.6. The quantitative estimate of drug-likeness (QED) is 0.868. The number of benzene rings is 2. The van der Waals surface area contributed by atoms with E-state index in [2.05, 4.69) is 10.2 Å². The fraction of sp³-hybridized carbons (Fsp3) is 0.167. The summed E-state index contributed by atoms with van der Waals surface area (Å²) in [7, 11) is 0. The third-order valence-corrected chi connectivity index (χ3v) is 4.35. The second kappa shape index (κ2) is 5.85. The van der Waals surface area contributed by atoms with Crippen LogP contribution in [0.5, 0.6) is 0 Å². The van der Waals surface area contributed by atoms with E-state index in [4.69, 9.17) is 16.6 Å². The predicted octanol–water partition coefficient (Wildman–Crippen LogP) is 3.10. The molecule has 6 heteroatoms. The predicted molar refractivity (Wildman–Crippen MR) is 97.4 cm³/mol. The van der Waals surface area contributed by atoms with Gasteiger partial charge in [-0.15, -0.1) is 5.10 Å². The molecule has 2 aromatic carbocycles. The third-order valence-electron chi connectivity index (χ3n) is 4.12. The number of aliphatic hydroxyl groups excluding tert-OH is 1. The smallest absolute Gasteiger partial charge is 0.173 e. The van der Waals surface area contributed by atoms with Crippen LogP contribution < -0.4 is 4.90 Å². The number of rotatable bonds is 1. The molecule has 0 aliphatic carbocycles. The minimum Gasteiger partial charge on any atom is -0.368 e. The van der Waals surface area contributed by atoms with E-state index in [9.17, 15) is 5.11 Å². The molecule has 2 heterocycles. The van der Waals surface area contributed by atoms with Gasteiger partial charge in [-0.1, -0.05) is 41.9 Å². The Bertz CT molecular complexity index is 889. The van der Waals surface area contributed by atoms with Gasteiger partial charge in [0.05, 0.1) is 23.7 Å². The molecule has 0 aromatic heterocycles. The maximum atomic E-state index is 10.6. The molecule has 0 spiro atoms. The lowest BCUT2D eigenvalue weighted by Gasteiger charge is -2.32. The molecule has 5 nitrogen and oxygen atoms in total. The highest BCUT2D eigenvalue weighted by molar-refractivity contribution is 6.32. The van der Waals surface area contributed by atoms with Gasteiger partial charge < -0.3 is 5.11 Å². The Morgan fingerprint density at radius 3 is 2.71 bits per heavy atom. The topological polar surface area (TPSA) is 60.5 Å². The van der Waals surface area contributed by atoms with Gasteiger partial charge in [-0.05, 0) is 25.1 Å². The fourth-order valence-corrected chi connectivity index (χ4v) is 3.10. The molecule has 1 atom stereocenters. The van der Waals surface area contributed by atoms with Crippen LogP contribution in [0.1, 0.15) is 18.1 Å². The van der Waals surface area contributed by atoms with Gasteiger partial charge >= 0.3 is 0 Å². The Hall–Kier alpha value is -2.50. The first-order valence-corrected chi connectivity index (χ1v) is 8.01. The molecule has 0 fully saturated rings. The van der Waals surface area contributed by atoms with Gasteiger partial charge in [-0.25, -0.2) is 0 Å². The Morgan fingerprint density at radius 1 is 1.12 bits per heavy atom. The summed E-state index contributed by atoms with van der Waals surface area (Å²) in [6.07, 6.45) is -0.859. The van der Waals surface area contributed by atoms with Gasteiger partial charge in [-0.3, -0.25) is 9.89 Å². The van der Waals surface area contributed by atoms with Crippen molar-refractivity contribution >= 4 is 34.5 Å². The monoisotopic (exact) mass is 338 g/mol. The lowest BCUT2D eigenvalue weighted by molar-refractivity contribution is 0.247. The zero-order valence-corrected chi connectivity index (χ0v) is 13.8. The summed E-state index contributed by atoms with van der Waals surface area (Å²) >= 11 is 6.23. The third kappa shape index (κ3) is 2.42. The van der Waals surface area contributed by atoms with E-state index in [-0.39, 0.29) is 0 Å². The summed E-state index contributed by atoms with van der Waals surface area (Å²) in [6.45, 7) is 2.09. The lowest BCUT2D eigenvalue weighted by atomic mass is 10.00. The summed E-state index contributed by atoms with van der Waals surface area (Å²) in [5, 5.41) is 19.5. The number of anilines is 1. The summed E-state index contributed by atoms with van der Waals surface area (Å²) in [4.78, 5) is 6.50. The summed E-state index contributed by atoms with van der Waals surface area (Å²) < 4.78 is 0. The van der Waals surface area contributed by atoms with Crippen molar-refractivity contribution in [2.75, 3.05) is 11.4 Å². The van der Waals surface area contributed by atoms with E-state index in [0.717, 1.165) is 22.5 Å². The molecule has 2 aliphatic heterocycles. The first kappa shape index (κ1) is 15.1. The van der Waals surface area contributed by atoms with Crippen molar-refractivity contribution in [2.45, 2.75) is 13.2 Å². The van der Waals surface area contributed by atoms with Gasteiger partial charge in [0, 0.05) is 16.1 Å². The Labute approximate surface area is 144 Å². The number of nitrogens with zero attached hydrogens (tertiary/aromatic N) is 4. The van der Waals surface area contributed by atoms with Crippen LogP contribution in [0.4, 0.5) is 5.69 Å². The fourth-order valence-electron chi connectivity index (χ4n) is 2.93. The number of fused-ring (bicyclic) bond motifs is 3. The summed E-state index contributed by atoms with van der Waals surface area (Å²) in [5.74, 6) is 0.614. The van der Waals surface area contributed by atoms with Gasteiger partial charge in [0.1, 0.15) is 0 Å². The van der Waals surface area contributed by atoms with Crippen LogP contribution in [0, 0.1) is 0 Å². The van der Waals surface area contributed by atoms with Crippen molar-refractivity contribution in [3.8, 4) is 0 Å². The highest BCUT2D eigenvalue weighted by Gasteiger charge is 2.32. The minimum atomic E-state index is -0.859. The highest BCUT2D eigenvalue weighted by atomic mass is 35.5. The molecule has 120 valence electrons. The van der Waals surface area contributed by atoms with Gasteiger partial charge in [-0.2, -0.15) is 5.10 Å². The lowest BCUT2D eigenvalue weighted by Crippen LogP contribution is -2.47. The Balaban J connectivity index is 1.94. The second-order valence-corrected chi connectivity index (χ2v) is 6.13. The maximum absolute atomic E-state index is 10.6. The molecule has 0 bridgehead atoms. The molecule has 1 unspecified atom stereocenters. The van der Waals surface area contributed by atoms with E-state index in [1.54, 1.807) is 17.9 Å². The standard InChI is InChI=1S/C18H15ClN4O/c1-11-18(24)23-15-8-7-13(19)9-14(15)17(12-5-3-2-4-6-12)20-10-16(23)22-21-11/h2-9,18,24H,10H2,1H3. The second-order valence-electron chi connectivity index (χ2n) is 5.69.